The first-order valence-corrected chi connectivity index (χ1v) is 22.9. The van der Waals surface area contributed by atoms with Crippen LogP contribution < -0.4 is 61.6 Å². The summed E-state index contributed by atoms with van der Waals surface area (Å²) in [7, 11) is 15.4. The lowest BCUT2D eigenvalue weighted by molar-refractivity contribution is -0.0173. The molecule has 0 bridgehead atoms. The molecule has 0 saturated heterocycles. The highest BCUT2D eigenvalue weighted by atomic mass is 16.5. The number of hydrogen-bond donors (Lipinski definition) is 3. The number of hydrogen-bond acceptors (Lipinski definition) is 16. The van der Waals surface area contributed by atoms with Gasteiger partial charge in [-0.05, 0) is 71.3 Å². The second-order valence-corrected chi connectivity index (χ2v) is 17.2. The number of aliphatic hydroxyl groups excluding tert-OH is 3. The molecule has 8 atom stereocenters. The molecule has 3 aliphatic heterocycles. The quantitative estimate of drug-likeness (QED) is 0.0898. The summed E-state index contributed by atoms with van der Waals surface area (Å²) in [6, 6.07) is 26.7. The van der Waals surface area contributed by atoms with Gasteiger partial charge in [-0.25, -0.2) is 0 Å². The van der Waals surface area contributed by atoms with Crippen LogP contribution in [0.5, 0.6) is 74.7 Å². The van der Waals surface area contributed by atoms with Gasteiger partial charge in [-0.2, -0.15) is 0 Å². The predicted molar refractivity (Wildman–Crippen MR) is 260 cm³/mol. The number of rotatable bonds is 15. The van der Waals surface area contributed by atoms with Crippen molar-refractivity contribution < 1.29 is 76.9 Å². The van der Waals surface area contributed by atoms with E-state index >= 15 is 0 Å². The average Bonchev–Trinajstić information content (AvgIpc) is 3.41. The zero-order chi connectivity index (χ0) is 50.2. The van der Waals surface area contributed by atoms with Crippen molar-refractivity contribution in [3.05, 3.63) is 136 Å². The number of fused-ring (bicyclic) bond motifs is 6. The van der Waals surface area contributed by atoms with Crippen LogP contribution in [0.1, 0.15) is 74.7 Å². The van der Waals surface area contributed by atoms with E-state index in [4.69, 9.17) is 61.6 Å². The molecule has 16 nitrogen and oxygen atoms in total. The molecule has 0 radical (unpaired) electrons. The van der Waals surface area contributed by atoms with Crippen molar-refractivity contribution in [2.45, 2.75) is 54.9 Å². The molecule has 3 N–H and O–H groups in total. The van der Waals surface area contributed by atoms with Gasteiger partial charge in [0.2, 0.25) is 0 Å². The fourth-order valence-electron chi connectivity index (χ4n) is 10.3. The molecule has 3 aliphatic rings. The number of methoxy groups -OCH3 is 10. The van der Waals surface area contributed by atoms with Crippen molar-refractivity contribution in [1.29, 1.82) is 0 Å². The molecule has 71 heavy (non-hydrogen) atoms. The minimum absolute atomic E-state index is 0.00431. The molecule has 0 amide bonds. The standard InChI is InChI=1S/C55H58O16/c1-59-30-14-16-32(39(24-30)64-6)45-47-53(70-51(49(45)58)29-13-20-38(63-5)43(23-29)68-10)34-26-35(56)50(28-12-19-37(62-4)42(22-28)67-9)69-52(34)46-44(27-11-18-36(61-3)41(21-27)66-8)48(57)54(71-55(46)47)33-17-15-31(60-2)25-40(33)65-7/h11-25,35,44-45,48-51,54,56-58H,26H2,1-10H3/t35-,44-,45+,48+,49-,50+,51-,54+/m0/s1. The smallest absolute Gasteiger partial charge is 0.161 e. The van der Waals surface area contributed by atoms with Crippen LogP contribution in [0.2, 0.25) is 0 Å². The van der Waals surface area contributed by atoms with Crippen LogP contribution in [-0.4, -0.2) is 105 Å². The van der Waals surface area contributed by atoms with Crippen LogP contribution in [0.15, 0.2) is 91.0 Å². The summed E-state index contributed by atoms with van der Waals surface area (Å²) in [6.45, 7) is 0. The van der Waals surface area contributed by atoms with E-state index in [1.807, 2.05) is 18.2 Å². The van der Waals surface area contributed by atoms with Gasteiger partial charge < -0.3 is 76.9 Å². The molecule has 374 valence electrons. The summed E-state index contributed by atoms with van der Waals surface area (Å²) >= 11 is 0. The Morgan fingerprint density at radius 2 is 0.775 bits per heavy atom. The van der Waals surface area contributed by atoms with E-state index in [2.05, 4.69) is 0 Å². The van der Waals surface area contributed by atoms with E-state index in [0.29, 0.717) is 114 Å². The Bertz CT molecular complexity index is 2920. The fourth-order valence-corrected chi connectivity index (χ4v) is 10.3. The summed E-state index contributed by atoms with van der Waals surface area (Å²) in [6.07, 6.45) is -7.01. The van der Waals surface area contributed by atoms with E-state index in [1.165, 1.54) is 28.4 Å². The van der Waals surface area contributed by atoms with E-state index in [-0.39, 0.29) is 12.2 Å². The van der Waals surface area contributed by atoms with Crippen molar-refractivity contribution in [2.75, 3.05) is 71.1 Å². The van der Waals surface area contributed by atoms with Gasteiger partial charge in [-0.1, -0.05) is 24.3 Å². The highest BCUT2D eigenvalue weighted by Crippen LogP contribution is 2.63. The van der Waals surface area contributed by atoms with E-state index < -0.39 is 48.5 Å². The van der Waals surface area contributed by atoms with Crippen molar-refractivity contribution >= 4 is 0 Å². The zero-order valence-electron chi connectivity index (χ0n) is 41.1. The Labute approximate surface area is 411 Å². The molecule has 3 heterocycles. The maximum Gasteiger partial charge on any atom is 0.161 e. The van der Waals surface area contributed by atoms with Gasteiger partial charge in [0.05, 0.1) is 77.2 Å². The zero-order valence-corrected chi connectivity index (χ0v) is 41.1. The molecule has 0 spiro atoms. The maximum absolute atomic E-state index is 13.2. The minimum Gasteiger partial charge on any atom is -0.497 e. The third-order valence-corrected chi connectivity index (χ3v) is 13.7. The van der Waals surface area contributed by atoms with Crippen molar-refractivity contribution in [1.82, 2.24) is 0 Å². The van der Waals surface area contributed by atoms with Crippen LogP contribution in [-0.2, 0) is 6.42 Å². The van der Waals surface area contributed by atoms with E-state index in [9.17, 15) is 15.3 Å². The van der Waals surface area contributed by atoms with Gasteiger partial charge in [-0.3, -0.25) is 0 Å². The SMILES string of the molecule is COc1ccc([C@@H]2c3c(c4c(c5c3O[C@H](c3ccc(OC)cc3OC)[C@H](O)[C@H]5c3ccc(OC)c(OC)c3)O[C@H](c3ccc(OC)c(OC)c3)[C@@H](O)C4)O[C@@H](c3ccc(OC)c(OC)c3)[C@H]2O)c(OC)c1. The predicted octanol–water partition coefficient (Wildman–Crippen LogP) is 8.06. The lowest BCUT2D eigenvalue weighted by Gasteiger charge is -2.46. The summed E-state index contributed by atoms with van der Waals surface area (Å²) < 4.78 is 79.2. The summed E-state index contributed by atoms with van der Waals surface area (Å²) in [5, 5.41) is 38.8. The normalized spacial score (nSPS) is 21.9. The van der Waals surface area contributed by atoms with Gasteiger partial charge in [-0.15, -0.1) is 0 Å². The molecular formula is C55H58O16. The second kappa shape index (κ2) is 20.1. The maximum atomic E-state index is 13.2. The van der Waals surface area contributed by atoms with Crippen molar-refractivity contribution in [3.63, 3.8) is 0 Å². The summed E-state index contributed by atoms with van der Waals surface area (Å²) in [4.78, 5) is 0. The Morgan fingerprint density at radius 1 is 0.366 bits per heavy atom. The van der Waals surface area contributed by atoms with Crippen molar-refractivity contribution in [3.8, 4) is 74.7 Å². The van der Waals surface area contributed by atoms with E-state index in [1.54, 1.807) is 115 Å². The molecule has 6 aromatic rings. The number of benzene rings is 6. The van der Waals surface area contributed by atoms with Gasteiger partial charge in [0.1, 0.15) is 58.6 Å². The molecular weight excluding hydrogens is 917 g/mol. The van der Waals surface area contributed by atoms with Gasteiger partial charge in [0.25, 0.3) is 0 Å². The molecule has 9 rings (SSSR count). The van der Waals surface area contributed by atoms with Crippen LogP contribution in [0.25, 0.3) is 0 Å². The van der Waals surface area contributed by atoms with Crippen LogP contribution in [0.3, 0.4) is 0 Å². The molecule has 0 unspecified atom stereocenters. The molecule has 16 heteroatoms. The largest absolute Gasteiger partial charge is 0.497 e. The third kappa shape index (κ3) is 8.38. The summed E-state index contributed by atoms with van der Waals surface area (Å²) in [5.41, 5.74) is 4.14. The first-order chi connectivity index (χ1) is 34.5. The fraction of sp³-hybridized carbons (Fsp3) is 0.345. The van der Waals surface area contributed by atoms with Crippen LogP contribution >= 0.6 is 0 Å². The molecule has 0 saturated carbocycles. The van der Waals surface area contributed by atoms with Crippen LogP contribution in [0.4, 0.5) is 0 Å². The Morgan fingerprint density at radius 3 is 1.28 bits per heavy atom. The number of aliphatic hydroxyl groups is 3. The van der Waals surface area contributed by atoms with Gasteiger partial charge >= 0.3 is 0 Å². The average molecular weight is 975 g/mol. The van der Waals surface area contributed by atoms with Gasteiger partial charge in [0, 0.05) is 58.2 Å². The van der Waals surface area contributed by atoms with Gasteiger partial charge in [0.15, 0.2) is 46.7 Å². The highest BCUT2D eigenvalue weighted by Gasteiger charge is 2.52. The Kier molecular flexibility index (Phi) is 13.8. The second-order valence-electron chi connectivity index (χ2n) is 17.2. The van der Waals surface area contributed by atoms with Crippen molar-refractivity contribution in [2.24, 2.45) is 0 Å². The molecule has 6 aromatic carbocycles. The third-order valence-electron chi connectivity index (χ3n) is 13.7. The molecule has 0 aliphatic carbocycles. The molecule has 0 aromatic heterocycles. The first kappa shape index (κ1) is 48.6. The summed E-state index contributed by atoms with van der Waals surface area (Å²) in [5.74, 6) is 3.46. The van der Waals surface area contributed by atoms with Crippen LogP contribution in [0, 0.1) is 0 Å². The molecule has 0 fully saturated rings. The number of ether oxygens (including phenoxy) is 13. The monoisotopic (exact) mass is 974 g/mol. The van der Waals surface area contributed by atoms with E-state index in [0.717, 1.165) is 0 Å². The minimum atomic E-state index is -1.34. The highest BCUT2D eigenvalue weighted by molar-refractivity contribution is 5.72. The topological polar surface area (TPSA) is 181 Å². The Balaban J connectivity index is 1.40. The Hall–Kier alpha value is -7.40. The first-order valence-electron chi connectivity index (χ1n) is 22.9. The lowest BCUT2D eigenvalue weighted by Crippen LogP contribution is -2.41. The lowest BCUT2D eigenvalue weighted by atomic mass is 9.72.